The fourth-order valence-corrected chi connectivity index (χ4v) is 3.51. The minimum atomic E-state index is -3.64. The Morgan fingerprint density at radius 3 is 2.35 bits per heavy atom. The second-order valence-electron chi connectivity index (χ2n) is 6.19. The number of hydrogen-bond donors (Lipinski definition) is 2. The molecular formula is C20H21N3O2S. The monoisotopic (exact) mass is 367 g/mol. The number of aryl methyl sites for hydroxylation is 2. The molecule has 0 spiro atoms. The van der Waals surface area contributed by atoms with E-state index in [1.54, 1.807) is 42.6 Å². The summed E-state index contributed by atoms with van der Waals surface area (Å²) in [5.41, 5.74) is 4.22. The third-order valence-electron chi connectivity index (χ3n) is 3.91. The zero-order valence-electron chi connectivity index (χ0n) is 14.7. The van der Waals surface area contributed by atoms with E-state index in [1.807, 2.05) is 13.0 Å². The molecule has 0 aliphatic rings. The summed E-state index contributed by atoms with van der Waals surface area (Å²) >= 11 is 0. The van der Waals surface area contributed by atoms with Gasteiger partial charge in [-0.05, 0) is 43.7 Å². The lowest BCUT2D eigenvalue weighted by Crippen LogP contribution is -2.14. The number of anilines is 2. The van der Waals surface area contributed by atoms with Gasteiger partial charge in [-0.3, -0.25) is 4.72 Å². The van der Waals surface area contributed by atoms with Gasteiger partial charge in [-0.1, -0.05) is 47.5 Å². The van der Waals surface area contributed by atoms with Crippen LogP contribution in [0.2, 0.25) is 0 Å². The van der Waals surface area contributed by atoms with Gasteiger partial charge in [0.05, 0.1) is 16.8 Å². The highest BCUT2D eigenvalue weighted by molar-refractivity contribution is 7.92. The predicted octanol–water partition coefficient (Wildman–Crippen LogP) is 4.11. The number of hydrogen-bond acceptors (Lipinski definition) is 4. The fraction of sp³-hybridized carbons (Fsp3) is 0.150. The average Bonchev–Trinajstić information content (AvgIpc) is 2.61. The van der Waals surface area contributed by atoms with Gasteiger partial charge in [0.25, 0.3) is 10.0 Å². The standard InChI is InChI=1S/C20H21N3O2S/c1-15-6-9-19(10-7-15)26(24,25)23-20-11-8-18(14-22-20)21-13-17-5-3-4-16(2)12-17/h3-12,14,21H,13H2,1-2H3,(H,22,23). The first-order chi connectivity index (χ1) is 12.4. The summed E-state index contributed by atoms with van der Waals surface area (Å²) in [6, 6.07) is 18.4. The highest BCUT2D eigenvalue weighted by atomic mass is 32.2. The van der Waals surface area contributed by atoms with Crippen LogP contribution in [0.5, 0.6) is 0 Å². The molecule has 3 aromatic rings. The van der Waals surface area contributed by atoms with E-state index in [9.17, 15) is 8.42 Å². The van der Waals surface area contributed by atoms with Gasteiger partial charge in [0, 0.05) is 6.54 Å². The lowest BCUT2D eigenvalue weighted by Gasteiger charge is -2.10. The van der Waals surface area contributed by atoms with Crippen molar-refractivity contribution >= 4 is 21.5 Å². The van der Waals surface area contributed by atoms with Gasteiger partial charge in [-0.25, -0.2) is 13.4 Å². The Morgan fingerprint density at radius 1 is 0.923 bits per heavy atom. The summed E-state index contributed by atoms with van der Waals surface area (Å²) in [6.45, 7) is 4.64. The third kappa shape index (κ3) is 4.61. The van der Waals surface area contributed by atoms with Gasteiger partial charge in [-0.15, -0.1) is 0 Å². The smallest absolute Gasteiger partial charge is 0.263 e. The van der Waals surface area contributed by atoms with Gasteiger partial charge >= 0.3 is 0 Å². The van der Waals surface area contributed by atoms with Crippen LogP contribution in [0.1, 0.15) is 16.7 Å². The van der Waals surface area contributed by atoms with Crippen molar-refractivity contribution in [2.45, 2.75) is 25.3 Å². The van der Waals surface area contributed by atoms with E-state index in [2.05, 4.69) is 40.1 Å². The van der Waals surface area contributed by atoms with Crippen LogP contribution in [0.15, 0.2) is 71.8 Å². The van der Waals surface area contributed by atoms with E-state index in [-0.39, 0.29) is 10.7 Å². The van der Waals surface area contributed by atoms with Gasteiger partial charge in [0.1, 0.15) is 5.82 Å². The van der Waals surface area contributed by atoms with Gasteiger partial charge in [-0.2, -0.15) is 0 Å². The summed E-state index contributed by atoms with van der Waals surface area (Å²) in [7, 11) is -3.64. The second-order valence-corrected chi connectivity index (χ2v) is 7.88. The van der Waals surface area contributed by atoms with Crippen molar-refractivity contribution in [1.82, 2.24) is 4.98 Å². The van der Waals surface area contributed by atoms with Crippen LogP contribution >= 0.6 is 0 Å². The third-order valence-corrected chi connectivity index (χ3v) is 5.28. The molecule has 26 heavy (non-hydrogen) atoms. The fourth-order valence-electron chi connectivity index (χ4n) is 2.50. The molecule has 0 saturated heterocycles. The van der Waals surface area contributed by atoms with Crippen molar-refractivity contribution in [3.05, 3.63) is 83.6 Å². The van der Waals surface area contributed by atoms with Crippen LogP contribution in [0.25, 0.3) is 0 Å². The molecule has 0 amide bonds. The van der Waals surface area contributed by atoms with Crippen LogP contribution in [0, 0.1) is 13.8 Å². The normalized spacial score (nSPS) is 11.2. The molecule has 1 aromatic heterocycles. The molecule has 0 aliphatic carbocycles. The largest absolute Gasteiger partial charge is 0.380 e. The maximum Gasteiger partial charge on any atom is 0.263 e. The maximum atomic E-state index is 12.4. The van der Waals surface area contributed by atoms with Crippen molar-refractivity contribution in [2.75, 3.05) is 10.0 Å². The average molecular weight is 367 g/mol. The van der Waals surface area contributed by atoms with Crippen LogP contribution in [0.3, 0.4) is 0 Å². The molecule has 2 N–H and O–H groups in total. The number of nitrogens with one attached hydrogen (secondary N) is 2. The molecular weight excluding hydrogens is 346 g/mol. The van der Waals surface area contributed by atoms with E-state index in [0.29, 0.717) is 6.54 Å². The highest BCUT2D eigenvalue weighted by Crippen LogP contribution is 2.17. The molecule has 0 bridgehead atoms. The summed E-state index contributed by atoms with van der Waals surface area (Å²) in [6.07, 6.45) is 1.61. The van der Waals surface area contributed by atoms with Crippen LogP contribution < -0.4 is 10.0 Å². The molecule has 3 rings (SSSR count). The van der Waals surface area contributed by atoms with Crippen molar-refractivity contribution in [3.63, 3.8) is 0 Å². The second kappa shape index (κ2) is 7.58. The highest BCUT2D eigenvalue weighted by Gasteiger charge is 2.14. The molecule has 134 valence electrons. The molecule has 6 heteroatoms. The SMILES string of the molecule is Cc1ccc(S(=O)(=O)Nc2ccc(NCc3cccc(C)c3)cn2)cc1. The Bertz CT molecular complexity index is 982. The van der Waals surface area contributed by atoms with Gasteiger partial charge in [0.2, 0.25) is 0 Å². The number of rotatable bonds is 6. The van der Waals surface area contributed by atoms with Gasteiger partial charge in [0.15, 0.2) is 0 Å². The first kappa shape index (κ1) is 17.9. The van der Waals surface area contributed by atoms with E-state index in [4.69, 9.17) is 0 Å². The number of benzene rings is 2. The van der Waals surface area contributed by atoms with Crippen LogP contribution in [0.4, 0.5) is 11.5 Å². The maximum absolute atomic E-state index is 12.4. The molecule has 0 aliphatic heterocycles. The van der Waals surface area contributed by atoms with E-state index < -0.39 is 10.0 Å². The molecule has 0 unspecified atom stereocenters. The lowest BCUT2D eigenvalue weighted by molar-refractivity contribution is 0.601. The first-order valence-corrected chi connectivity index (χ1v) is 9.76. The van der Waals surface area contributed by atoms with Crippen molar-refractivity contribution in [1.29, 1.82) is 0 Å². The lowest BCUT2D eigenvalue weighted by atomic mass is 10.1. The zero-order chi connectivity index (χ0) is 18.6. The predicted molar refractivity (Wildman–Crippen MR) is 105 cm³/mol. The quantitative estimate of drug-likeness (QED) is 0.688. The molecule has 0 atom stereocenters. The van der Waals surface area contributed by atoms with E-state index in [1.165, 1.54) is 11.1 Å². The minimum Gasteiger partial charge on any atom is -0.380 e. The van der Waals surface area contributed by atoms with E-state index in [0.717, 1.165) is 11.3 Å². The molecule has 1 heterocycles. The van der Waals surface area contributed by atoms with Crippen molar-refractivity contribution < 1.29 is 8.42 Å². The minimum absolute atomic E-state index is 0.214. The summed E-state index contributed by atoms with van der Waals surface area (Å²) in [4.78, 5) is 4.40. The molecule has 5 nitrogen and oxygen atoms in total. The van der Waals surface area contributed by atoms with Crippen LogP contribution in [-0.4, -0.2) is 13.4 Å². The molecule has 2 aromatic carbocycles. The number of pyridine rings is 1. The number of sulfonamides is 1. The summed E-state index contributed by atoms with van der Waals surface area (Å²) in [5.74, 6) is 0.284. The van der Waals surface area contributed by atoms with E-state index >= 15 is 0 Å². The summed E-state index contributed by atoms with van der Waals surface area (Å²) < 4.78 is 27.2. The zero-order valence-corrected chi connectivity index (χ0v) is 15.5. The van der Waals surface area contributed by atoms with Crippen molar-refractivity contribution in [2.24, 2.45) is 0 Å². The van der Waals surface area contributed by atoms with Crippen molar-refractivity contribution in [3.8, 4) is 0 Å². The number of nitrogens with zero attached hydrogens (tertiary/aromatic N) is 1. The van der Waals surface area contributed by atoms with Gasteiger partial charge < -0.3 is 5.32 Å². The first-order valence-electron chi connectivity index (χ1n) is 8.27. The number of aromatic nitrogens is 1. The Labute approximate surface area is 154 Å². The topological polar surface area (TPSA) is 71.1 Å². The Morgan fingerprint density at radius 2 is 1.69 bits per heavy atom. The Hall–Kier alpha value is -2.86. The Kier molecular flexibility index (Phi) is 5.23. The molecule has 0 radical (unpaired) electrons. The van der Waals surface area contributed by atoms with Crippen LogP contribution in [-0.2, 0) is 16.6 Å². The summed E-state index contributed by atoms with van der Waals surface area (Å²) in [5, 5.41) is 3.28. The molecule has 0 fully saturated rings. The molecule has 0 saturated carbocycles. The Balaban J connectivity index is 1.64.